The van der Waals surface area contributed by atoms with Gasteiger partial charge in [-0.2, -0.15) is 0 Å². The number of carboxylic acid groups (broad SMARTS) is 1. The van der Waals surface area contributed by atoms with Crippen LogP contribution in [0.4, 0.5) is 0 Å². The zero-order valence-electron chi connectivity index (χ0n) is 5.83. The van der Waals surface area contributed by atoms with Crippen molar-refractivity contribution in [3.63, 3.8) is 0 Å². The summed E-state index contributed by atoms with van der Waals surface area (Å²) in [7, 11) is 1.76. The van der Waals surface area contributed by atoms with Crippen molar-refractivity contribution in [3.05, 3.63) is 17.7 Å². The largest absolute Gasteiger partial charge is 0.476 e. The molecule has 0 unspecified atom stereocenters. The van der Waals surface area contributed by atoms with Crippen molar-refractivity contribution in [2.24, 2.45) is 7.05 Å². The number of hydrogen-bond acceptors (Lipinski definition) is 2. The molecule has 0 saturated carbocycles. The smallest absolute Gasteiger partial charge is 0.356 e. The van der Waals surface area contributed by atoms with Crippen LogP contribution >= 0.6 is 0 Å². The Kier molecular flexibility index (Phi) is 1.45. The van der Waals surface area contributed by atoms with Crippen LogP contribution in [-0.4, -0.2) is 20.6 Å². The molecule has 1 rings (SSSR count). The summed E-state index contributed by atoms with van der Waals surface area (Å²) in [6, 6.07) is 0. The monoisotopic (exact) mass is 140 g/mol. The van der Waals surface area contributed by atoms with Crippen molar-refractivity contribution in [2.75, 3.05) is 0 Å². The zero-order valence-corrected chi connectivity index (χ0v) is 5.83. The van der Waals surface area contributed by atoms with Crippen LogP contribution < -0.4 is 0 Å². The van der Waals surface area contributed by atoms with Crippen molar-refractivity contribution in [3.8, 4) is 0 Å². The molecule has 0 aliphatic carbocycles. The Labute approximate surface area is 58.1 Å². The number of nitrogens with zero attached hydrogens (tertiary/aromatic N) is 2. The van der Waals surface area contributed by atoms with Crippen molar-refractivity contribution in [2.45, 2.75) is 6.92 Å². The quantitative estimate of drug-likeness (QED) is 0.615. The minimum Gasteiger partial charge on any atom is -0.476 e. The van der Waals surface area contributed by atoms with Crippen LogP contribution in [0.25, 0.3) is 0 Å². The first kappa shape index (κ1) is 6.80. The lowest BCUT2D eigenvalue weighted by atomic mass is 10.3. The van der Waals surface area contributed by atoms with Gasteiger partial charge in [-0.25, -0.2) is 9.78 Å². The van der Waals surface area contributed by atoms with Gasteiger partial charge in [0.2, 0.25) is 0 Å². The van der Waals surface area contributed by atoms with Gasteiger partial charge in [0.1, 0.15) is 0 Å². The average molecular weight is 140 g/mol. The van der Waals surface area contributed by atoms with Crippen LogP contribution in [0.2, 0.25) is 0 Å². The first-order valence-electron chi connectivity index (χ1n) is 2.84. The van der Waals surface area contributed by atoms with Gasteiger partial charge in [-0.1, -0.05) is 0 Å². The van der Waals surface area contributed by atoms with Gasteiger partial charge in [-0.15, -0.1) is 0 Å². The highest BCUT2D eigenvalue weighted by atomic mass is 16.4. The Bertz CT molecular complexity index is 265. The molecule has 0 bridgehead atoms. The third-order valence-corrected chi connectivity index (χ3v) is 1.43. The molecule has 4 nitrogen and oxygen atoms in total. The van der Waals surface area contributed by atoms with Gasteiger partial charge in [0.25, 0.3) is 0 Å². The number of hydrogen-bond donors (Lipinski definition) is 1. The molecule has 0 aliphatic rings. The van der Waals surface area contributed by atoms with Crippen molar-refractivity contribution in [1.29, 1.82) is 0 Å². The molecule has 1 aromatic heterocycles. The molecule has 1 heterocycles. The Morgan fingerprint density at radius 2 is 2.40 bits per heavy atom. The first-order valence-corrected chi connectivity index (χ1v) is 2.84. The molecule has 0 amide bonds. The topological polar surface area (TPSA) is 55.1 Å². The lowest BCUT2D eigenvalue weighted by Gasteiger charge is -1.92. The summed E-state index contributed by atoms with van der Waals surface area (Å²) in [5.74, 6) is -0.974. The van der Waals surface area contributed by atoms with E-state index in [4.69, 9.17) is 5.11 Å². The molecule has 4 heteroatoms. The van der Waals surface area contributed by atoms with Gasteiger partial charge in [0.05, 0.1) is 6.33 Å². The molecule has 0 spiro atoms. The van der Waals surface area contributed by atoms with Crippen LogP contribution in [0.1, 0.15) is 16.2 Å². The van der Waals surface area contributed by atoms with E-state index in [-0.39, 0.29) is 5.69 Å². The van der Waals surface area contributed by atoms with Gasteiger partial charge in [0.15, 0.2) is 5.69 Å². The van der Waals surface area contributed by atoms with Crippen molar-refractivity contribution >= 4 is 5.97 Å². The summed E-state index contributed by atoms with van der Waals surface area (Å²) in [4.78, 5) is 14.0. The summed E-state index contributed by atoms with van der Waals surface area (Å²) in [6.45, 7) is 1.72. The SMILES string of the molecule is Cc1c(C(=O)O)ncn1C. The number of rotatable bonds is 1. The molecule has 0 fully saturated rings. The molecule has 1 aromatic rings. The number of imidazole rings is 1. The summed E-state index contributed by atoms with van der Waals surface area (Å²) < 4.78 is 1.67. The van der Waals surface area contributed by atoms with Gasteiger partial charge >= 0.3 is 5.97 Å². The third-order valence-electron chi connectivity index (χ3n) is 1.43. The van der Waals surface area contributed by atoms with E-state index >= 15 is 0 Å². The Morgan fingerprint density at radius 3 is 2.60 bits per heavy atom. The fraction of sp³-hybridized carbons (Fsp3) is 0.333. The molecule has 10 heavy (non-hydrogen) atoms. The average Bonchev–Trinajstić information content (AvgIpc) is 2.14. The minimum atomic E-state index is -0.974. The maximum Gasteiger partial charge on any atom is 0.356 e. The molecule has 0 atom stereocenters. The normalized spacial score (nSPS) is 9.80. The third kappa shape index (κ3) is 0.877. The van der Waals surface area contributed by atoms with E-state index in [9.17, 15) is 4.79 Å². The molecule has 0 radical (unpaired) electrons. The molecule has 0 saturated heterocycles. The van der Waals surface area contributed by atoms with E-state index in [1.165, 1.54) is 6.33 Å². The maximum absolute atomic E-state index is 10.4. The van der Waals surface area contributed by atoms with Gasteiger partial charge in [-0.05, 0) is 6.92 Å². The zero-order chi connectivity index (χ0) is 7.72. The second-order valence-electron chi connectivity index (χ2n) is 2.09. The summed E-state index contributed by atoms with van der Waals surface area (Å²) in [5, 5.41) is 8.50. The lowest BCUT2D eigenvalue weighted by molar-refractivity contribution is 0.0690. The van der Waals surface area contributed by atoms with E-state index in [2.05, 4.69) is 4.98 Å². The number of aromatic nitrogens is 2. The highest BCUT2D eigenvalue weighted by molar-refractivity contribution is 5.86. The molecule has 0 aromatic carbocycles. The van der Waals surface area contributed by atoms with Crippen LogP contribution in [-0.2, 0) is 7.05 Å². The Morgan fingerprint density at radius 1 is 1.80 bits per heavy atom. The fourth-order valence-corrected chi connectivity index (χ4v) is 0.701. The van der Waals surface area contributed by atoms with E-state index in [1.54, 1.807) is 18.5 Å². The number of carbonyl (C=O) groups is 1. The predicted molar refractivity (Wildman–Crippen MR) is 34.9 cm³/mol. The molecule has 0 aliphatic heterocycles. The van der Waals surface area contributed by atoms with Crippen molar-refractivity contribution in [1.82, 2.24) is 9.55 Å². The standard InChI is InChI=1S/C6H8N2O2/c1-4-5(6(9)10)7-3-8(4)2/h3H,1-2H3,(H,9,10). The van der Waals surface area contributed by atoms with Crippen LogP contribution in [0, 0.1) is 6.92 Å². The van der Waals surface area contributed by atoms with Gasteiger partial charge in [0, 0.05) is 12.7 Å². The molecular formula is C6H8N2O2. The number of aromatic carboxylic acids is 1. The summed E-state index contributed by atoms with van der Waals surface area (Å²) in [5.41, 5.74) is 0.801. The molecular weight excluding hydrogens is 132 g/mol. The first-order chi connectivity index (χ1) is 4.63. The summed E-state index contributed by atoms with van der Waals surface area (Å²) >= 11 is 0. The second kappa shape index (κ2) is 2.13. The van der Waals surface area contributed by atoms with Crippen LogP contribution in [0.3, 0.4) is 0 Å². The predicted octanol–water partition coefficient (Wildman–Crippen LogP) is 0.427. The van der Waals surface area contributed by atoms with Crippen LogP contribution in [0.5, 0.6) is 0 Å². The van der Waals surface area contributed by atoms with Crippen LogP contribution in [0.15, 0.2) is 6.33 Å². The lowest BCUT2D eigenvalue weighted by Crippen LogP contribution is -2.00. The van der Waals surface area contributed by atoms with Gasteiger partial charge in [-0.3, -0.25) is 0 Å². The van der Waals surface area contributed by atoms with E-state index < -0.39 is 5.97 Å². The number of aryl methyl sites for hydroxylation is 1. The fourth-order valence-electron chi connectivity index (χ4n) is 0.701. The Hall–Kier alpha value is -1.32. The van der Waals surface area contributed by atoms with E-state index in [0.29, 0.717) is 5.69 Å². The highest BCUT2D eigenvalue weighted by Crippen LogP contribution is 2.02. The Balaban J connectivity index is 3.17. The van der Waals surface area contributed by atoms with E-state index in [0.717, 1.165) is 0 Å². The minimum absolute atomic E-state index is 0.127. The molecule has 1 N–H and O–H groups in total. The van der Waals surface area contributed by atoms with E-state index in [1.807, 2.05) is 0 Å². The molecule has 54 valence electrons. The highest BCUT2D eigenvalue weighted by Gasteiger charge is 2.10. The maximum atomic E-state index is 10.4. The second-order valence-corrected chi connectivity index (χ2v) is 2.09. The van der Waals surface area contributed by atoms with Crippen molar-refractivity contribution < 1.29 is 9.90 Å². The number of carboxylic acids is 1. The summed E-state index contributed by atoms with van der Waals surface area (Å²) in [6.07, 6.45) is 1.48. The van der Waals surface area contributed by atoms with Gasteiger partial charge < -0.3 is 9.67 Å².